The third-order valence-electron chi connectivity index (χ3n) is 4.59. The van der Waals surface area contributed by atoms with Gasteiger partial charge in [0.25, 0.3) is 0 Å². The van der Waals surface area contributed by atoms with Crippen LogP contribution < -0.4 is 10.6 Å². The number of hydrogen-bond acceptors (Lipinski definition) is 5. The van der Waals surface area contributed by atoms with Gasteiger partial charge in [0, 0.05) is 23.6 Å². The van der Waals surface area contributed by atoms with Crippen molar-refractivity contribution in [1.82, 2.24) is 9.36 Å². The summed E-state index contributed by atoms with van der Waals surface area (Å²) in [5.74, 6) is 0.441. The molecular formula is C14H24N4S. The van der Waals surface area contributed by atoms with E-state index < -0.39 is 0 Å². The predicted octanol–water partition coefficient (Wildman–Crippen LogP) is 3.59. The second-order valence-corrected chi connectivity index (χ2v) is 6.66. The van der Waals surface area contributed by atoms with Crippen LogP contribution >= 0.6 is 11.5 Å². The number of nitrogens with two attached hydrogens (primary N) is 1. The third-order valence-corrected chi connectivity index (χ3v) is 5.33. The maximum atomic E-state index is 5.74. The average molecular weight is 280 g/mol. The summed E-state index contributed by atoms with van der Waals surface area (Å²) in [6.07, 6.45) is 13.5. The largest absolute Gasteiger partial charge is 0.367 e. The van der Waals surface area contributed by atoms with Gasteiger partial charge in [-0.05, 0) is 25.7 Å². The third kappa shape index (κ3) is 3.02. The van der Waals surface area contributed by atoms with Crippen molar-refractivity contribution in [3.63, 3.8) is 0 Å². The summed E-state index contributed by atoms with van der Waals surface area (Å²) in [6.45, 7) is 0. The van der Waals surface area contributed by atoms with Crippen LogP contribution in [0, 0.1) is 0 Å². The van der Waals surface area contributed by atoms with Gasteiger partial charge in [0.15, 0.2) is 0 Å². The minimum absolute atomic E-state index is 0.441. The Kier molecular flexibility index (Phi) is 4.21. The van der Waals surface area contributed by atoms with Gasteiger partial charge in [0.1, 0.15) is 0 Å². The smallest absolute Gasteiger partial charge is 0.233 e. The Morgan fingerprint density at radius 3 is 1.84 bits per heavy atom. The first-order chi connectivity index (χ1) is 9.34. The molecule has 106 valence electrons. The van der Waals surface area contributed by atoms with Crippen molar-refractivity contribution in [2.75, 3.05) is 10.6 Å². The van der Waals surface area contributed by atoms with Crippen LogP contribution in [0.15, 0.2) is 0 Å². The fraction of sp³-hybridized carbons (Fsp3) is 0.857. The van der Waals surface area contributed by atoms with Crippen LogP contribution in [0.3, 0.4) is 0 Å². The van der Waals surface area contributed by atoms with E-state index in [4.69, 9.17) is 5.73 Å². The molecule has 2 N–H and O–H groups in total. The molecule has 0 radical (unpaired) electrons. The van der Waals surface area contributed by atoms with E-state index in [1.54, 1.807) is 0 Å². The van der Waals surface area contributed by atoms with E-state index in [0.29, 0.717) is 18.0 Å². The topological polar surface area (TPSA) is 55.0 Å². The lowest BCUT2D eigenvalue weighted by Crippen LogP contribution is -2.45. The van der Waals surface area contributed by atoms with Gasteiger partial charge in [-0.2, -0.15) is 9.36 Å². The highest BCUT2D eigenvalue weighted by Crippen LogP contribution is 2.35. The van der Waals surface area contributed by atoms with Gasteiger partial charge in [0.05, 0.1) is 0 Å². The molecule has 0 aliphatic heterocycles. The summed E-state index contributed by atoms with van der Waals surface area (Å²) in [6, 6.07) is 1.34. The number of anilines is 2. The molecular weight excluding hydrogens is 256 g/mol. The highest BCUT2D eigenvalue weighted by Gasteiger charge is 2.31. The first-order valence-electron chi connectivity index (χ1n) is 7.72. The summed E-state index contributed by atoms with van der Waals surface area (Å²) in [4.78, 5) is 7.06. The van der Waals surface area contributed by atoms with Gasteiger partial charge in [-0.25, -0.2) is 0 Å². The second-order valence-electron chi connectivity index (χ2n) is 5.93. The van der Waals surface area contributed by atoms with E-state index in [-0.39, 0.29) is 0 Å². The van der Waals surface area contributed by atoms with Gasteiger partial charge < -0.3 is 10.6 Å². The molecule has 2 saturated carbocycles. The Balaban J connectivity index is 1.81. The molecule has 3 rings (SSSR count). The van der Waals surface area contributed by atoms with Gasteiger partial charge in [-0.3, -0.25) is 0 Å². The van der Waals surface area contributed by atoms with Crippen LogP contribution in [0.2, 0.25) is 0 Å². The minimum Gasteiger partial charge on any atom is -0.367 e. The SMILES string of the molecule is Nc1nsc(N(C2CCCCC2)C2CCCCC2)n1. The van der Waals surface area contributed by atoms with Crippen molar-refractivity contribution in [3.05, 3.63) is 0 Å². The lowest BCUT2D eigenvalue weighted by atomic mass is 9.89. The number of nitrogens with zero attached hydrogens (tertiary/aromatic N) is 3. The van der Waals surface area contributed by atoms with Gasteiger partial charge >= 0.3 is 0 Å². The van der Waals surface area contributed by atoms with Crippen LogP contribution in [-0.4, -0.2) is 21.4 Å². The van der Waals surface area contributed by atoms with Gasteiger partial charge in [-0.15, -0.1) is 0 Å². The first-order valence-corrected chi connectivity index (χ1v) is 8.49. The van der Waals surface area contributed by atoms with E-state index in [1.807, 2.05) is 0 Å². The Bertz CT molecular complexity index is 376. The molecule has 0 spiro atoms. The highest BCUT2D eigenvalue weighted by molar-refractivity contribution is 7.09. The van der Waals surface area contributed by atoms with E-state index >= 15 is 0 Å². The van der Waals surface area contributed by atoms with Crippen molar-refractivity contribution >= 4 is 22.6 Å². The zero-order valence-electron chi connectivity index (χ0n) is 11.6. The van der Waals surface area contributed by atoms with Crippen molar-refractivity contribution in [2.45, 2.75) is 76.3 Å². The molecule has 2 aliphatic rings. The Hall–Kier alpha value is -0.840. The van der Waals surface area contributed by atoms with E-state index in [9.17, 15) is 0 Å². The molecule has 19 heavy (non-hydrogen) atoms. The van der Waals surface area contributed by atoms with E-state index in [1.165, 1.54) is 75.7 Å². The zero-order chi connectivity index (χ0) is 13.1. The second kappa shape index (κ2) is 6.07. The highest BCUT2D eigenvalue weighted by atomic mass is 32.1. The van der Waals surface area contributed by atoms with Gasteiger partial charge in [-0.1, -0.05) is 38.5 Å². The molecule has 0 saturated heterocycles. The molecule has 0 unspecified atom stereocenters. The van der Waals surface area contributed by atoms with Gasteiger partial charge in [0.2, 0.25) is 11.1 Å². The van der Waals surface area contributed by atoms with Crippen LogP contribution in [0.25, 0.3) is 0 Å². The summed E-state index contributed by atoms with van der Waals surface area (Å²) >= 11 is 1.48. The number of nitrogen functional groups attached to an aromatic ring is 1. The lowest BCUT2D eigenvalue weighted by Gasteiger charge is -2.41. The molecule has 4 nitrogen and oxygen atoms in total. The fourth-order valence-electron chi connectivity index (χ4n) is 3.66. The molecule has 0 amide bonds. The molecule has 2 fully saturated rings. The predicted molar refractivity (Wildman–Crippen MR) is 80.5 cm³/mol. The molecule has 1 heterocycles. The zero-order valence-corrected chi connectivity index (χ0v) is 12.4. The van der Waals surface area contributed by atoms with Crippen LogP contribution in [-0.2, 0) is 0 Å². The monoisotopic (exact) mass is 280 g/mol. The molecule has 2 aliphatic carbocycles. The maximum absolute atomic E-state index is 5.74. The summed E-state index contributed by atoms with van der Waals surface area (Å²) in [5, 5.41) is 1.07. The van der Waals surface area contributed by atoms with Crippen molar-refractivity contribution < 1.29 is 0 Å². The quantitative estimate of drug-likeness (QED) is 0.919. The average Bonchev–Trinajstić information content (AvgIpc) is 2.88. The normalized spacial score (nSPS) is 22.5. The summed E-state index contributed by atoms with van der Waals surface area (Å²) in [7, 11) is 0. The van der Waals surface area contributed by atoms with Crippen LogP contribution in [0.1, 0.15) is 64.2 Å². The molecule has 1 aromatic rings. The molecule has 0 bridgehead atoms. The van der Waals surface area contributed by atoms with E-state index in [2.05, 4.69) is 14.3 Å². The maximum Gasteiger partial charge on any atom is 0.233 e. The number of aromatic nitrogens is 2. The Morgan fingerprint density at radius 2 is 1.42 bits per heavy atom. The van der Waals surface area contributed by atoms with Crippen LogP contribution in [0.4, 0.5) is 11.1 Å². The molecule has 5 heteroatoms. The lowest BCUT2D eigenvalue weighted by molar-refractivity contribution is 0.339. The molecule has 0 aromatic carbocycles. The fourth-order valence-corrected chi connectivity index (χ4v) is 4.40. The van der Waals surface area contributed by atoms with Crippen molar-refractivity contribution in [3.8, 4) is 0 Å². The summed E-state index contributed by atoms with van der Waals surface area (Å²) < 4.78 is 4.19. The Labute approximate surface area is 119 Å². The summed E-state index contributed by atoms with van der Waals surface area (Å²) in [5.41, 5.74) is 5.74. The molecule has 0 atom stereocenters. The van der Waals surface area contributed by atoms with Crippen molar-refractivity contribution in [1.29, 1.82) is 0 Å². The number of rotatable bonds is 3. The number of hydrogen-bond donors (Lipinski definition) is 1. The van der Waals surface area contributed by atoms with Crippen molar-refractivity contribution in [2.24, 2.45) is 0 Å². The standard InChI is InChI=1S/C14H24N4S/c15-13-16-14(19-17-13)18(11-7-3-1-4-8-11)12-9-5-2-6-10-12/h11-12H,1-10H2,(H2,15,17). The molecule has 1 aromatic heterocycles. The minimum atomic E-state index is 0.441. The van der Waals surface area contributed by atoms with E-state index in [0.717, 1.165) is 5.13 Å². The first kappa shape index (κ1) is 13.2. The Morgan fingerprint density at radius 1 is 0.895 bits per heavy atom. The van der Waals surface area contributed by atoms with Crippen LogP contribution in [0.5, 0.6) is 0 Å².